The van der Waals surface area contributed by atoms with Crippen molar-refractivity contribution in [3.8, 4) is 5.75 Å². The molecule has 1 heterocycles. The van der Waals surface area contributed by atoms with Crippen molar-refractivity contribution in [1.82, 2.24) is 0 Å². The van der Waals surface area contributed by atoms with Crippen molar-refractivity contribution in [2.24, 2.45) is 5.73 Å². The number of hydrogen-bond donors (Lipinski definition) is 1. The maximum atomic E-state index is 13.0. The third kappa shape index (κ3) is 3.36. The molecule has 7 heteroatoms. The van der Waals surface area contributed by atoms with Crippen molar-refractivity contribution in [3.05, 3.63) is 51.7 Å². The molecule has 1 atom stereocenters. The summed E-state index contributed by atoms with van der Waals surface area (Å²) >= 11 is 1.08. The molecule has 0 fully saturated rings. The number of nitrogens with two attached hydrogens (primary N) is 1. The lowest BCUT2D eigenvalue weighted by Crippen LogP contribution is -2.15. The molecule has 1 aromatic heterocycles. The van der Waals surface area contributed by atoms with E-state index in [1.807, 2.05) is 0 Å². The fourth-order valence-corrected chi connectivity index (χ4v) is 2.61. The Labute approximate surface area is 123 Å². The number of carbonyl (C=O) groups is 1. The predicted octanol–water partition coefficient (Wildman–Crippen LogP) is 4.01. The topological polar surface area (TPSA) is 52.3 Å². The number of amides is 1. The summed E-state index contributed by atoms with van der Waals surface area (Å²) < 4.78 is 44.4. The second-order valence-corrected chi connectivity index (χ2v) is 5.24. The third-order valence-electron chi connectivity index (χ3n) is 2.86. The molecule has 0 aliphatic carbocycles. The summed E-state index contributed by atoms with van der Waals surface area (Å²) in [6, 6.07) is 6.69. The predicted molar refractivity (Wildman–Crippen MR) is 73.3 cm³/mol. The zero-order valence-corrected chi connectivity index (χ0v) is 11.8. The zero-order chi connectivity index (χ0) is 15.6. The molecular formula is C14H12F3NO2S. The van der Waals surface area contributed by atoms with Crippen LogP contribution in [-0.2, 0) is 6.18 Å². The number of thiophene rings is 1. The van der Waals surface area contributed by atoms with Crippen LogP contribution in [0.15, 0.2) is 35.7 Å². The molecule has 3 nitrogen and oxygen atoms in total. The highest BCUT2D eigenvalue weighted by Gasteiger charge is 2.34. The number of rotatable bonds is 4. The van der Waals surface area contributed by atoms with E-state index in [1.165, 1.54) is 31.2 Å². The van der Waals surface area contributed by atoms with Gasteiger partial charge in [0.25, 0.3) is 5.91 Å². The van der Waals surface area contributed by atoms with Gasteiger partial charge in [-0.25, -0.2) is 0 Å². The number of ether oxygens (including phenoxy) is 1. The molecule has 0 bridgehead atoms. The summed E-state index contributed by atoms with van der Waals surface area (Å²) in [6.07, 6.45) is -5.33. The molecule has 0 aliphatic heterocycles. The molecule has 0 aliphatic rings. The van der Waals surface area contributed by atoms with Gasteiger partial charge < -0.3 is 10.5 Å². The summed E-state index contributed by atoms with van der Waals surface area (Å²) in [5.74, 6) is -0.478. The first-order valence-corrected chi connectivity index (χ1v) is 6.88. The lowest BCUT2D eigenvalue weighted by molar-refractivity contribution is -0.138. The van der Waals surface area contributed by atoms with Crippen LogP contribution >= 0.6 is 11.3 Å². The van der Waals surface area contributed by atoms with E-state index in [1.54, 1.807) is 5.38 Å². The summed E-state index contributed by atoms with van der Waals surface area (Å²) in [5.41, 5.74) is 4.43. The summed E-state index contributed by atoms with van der Waals surface area (Å²) in [7, 11) is 0. The Balaban J connectivity index is 2.31. The first-order chi connectivity index (χ1) is 9.80. The molecule has 2 aromatic rings. The number of carbonyl (C=O) groups excluding carboxylic acids is 1. The van der Waals surface area contributed by atoms with Crippen molar-refractivity contribution in [1.29, 1.82) is 0 Å². The molecule has 0 spiro atoms. The third-order valence-corrected chi connectivity index (χ3v) is 3.77. The Morgan fingerprint density at radius 1 is 1.29 bits per heavy atom. The Morgan fingerprint density at radius 3 is 2.57 bits per heavy atom. The largest absolute Gasteiger partial charge is 0.484 e. The maximum absolute atomic E-state index is 13.0. The van der Waals surface area contributed by atoms with Gasteiger partial charge in [0.05, 0.1) is 5.56 Å². The SMILES string of the molecule is CC(Oc1ccsc1C(N)=O)c1ccccc1C(F)(F)F. The van der Waals surface area contributed by atoms with Gasteiger partial charge in [0.1, 0.15) is 16.7 Å². The number of halogens is 3. The van der Waals surface area contributed by atoms with E-state index in [-0.39, 0.29) is 16.2 Å². The lowest BCUT2D eigenvalue weighted by atomic mass is 10.0. The smallest absolute Gasteiger partial charge is 0.416 e. The van der Waals surface area contributed by atoms with E-state index in [9.17, 15) is 18.0 Å². The highest BCUT2D eigenvalue weighted by Crippen LogP contribution is 2.36. The molecule has 2 rings (SSSR count). The summed E-state index contributed by atoms with van der Waals surface area (Å²) in [5, 5.41) is 1.60. The second kappa shape index (κ2) is 5.77. The van der Waals surface area contributed by atoms with Crippen LogP contribution in [0.1, 0.15) is 33.8 Å². The highest BCUT2D eigenvalue weighted by molar-refractivity contribution is 7.12. The average Bonchev–Trinajstić information content (AvgIpc) is 2.86. The van der Waals surface area contributed by atoms with E-state index < -0.39 is 23.8 Å². The van der Waals surface area contributed by atoms with Gasteiger partial charge in [-0.2, -0.15) is 13.2 Å². The van der Waals surface area contributed by atoms with Gasteiger partial charge in [0, 0.05) is 5.56 Å². The van der Waals surface area contributed by atoms with Crippen molar-refractivity contribution in [3.63, 3.8) is 0 Å². The van der Waals surface area contributed by atoms with E-state index in [0.29, 0.717) is 0 Å². The number of primary amides is 1. The van der Waals surface area contributed by atoms with Crippen LogP contribution in [0, 0.1) is 0 Å². The van der Waals surface area contributed by atoms with Gasteiger partial charge >= 0.3 is 6.18 Å². The van der Waals surface area contributed by atoms with Crippen molar-refractivity contribution >= 4 is 17.2 Å². The standard InChI is InChI=1S/C14H12F3NO2S/c1-8(20-11-6-7-21-12(11)13(18)19)9-4-2-3-5-10(9)14(15,16)17/h2-8H,1H3,(H2,18,19). The lowest BCUT2D eigenvalue weighted by Gasteiger charge is -2.19. The minimum Gasteiger partial charge on any atom is -0.484 e. The Hall–Kier alpha value is -2.02. The molecule has 0 saturated heterocycles. The van der Waals surface area contributed by atoms with Crippen LogP contribution in [0.2, 0.25) is 0 Å². The van der Waals surface area contributed by atoms with Crippen LogP contribution < -0.4 is 10.5 Å². The molecule has 112 valence electrons. The van der Waals surface area contributed by atoms with Gasteiger partial charge in [0.15, 0.2) is 0 Å². The van der Waals surface area contributed by atoms with Gasteiger partial charge in [-0.05, 0) is 24.4 Å². The van der Waals surface area contributed by atoms with Crippen LogP contribution in [0.25, 0.3) is 0 Å². The summed E-state index contributed by atoms with van der Waals surface area (Å²) in [6.45, 7) is 1.49. The number of alkyl halides is 3. The molecule has 1 aromatic carbocycles. The zero-order valence-electron chi connectivity index (χ0n) is 11.0. The maximum Gasteiger partial charge on any atom is 0.416 e. The average molecular weight is 315 g/mol. The molecule has 1 unspecified atom stereocenters. The van der Waals surface area contributed by atoms with Gasteiger partial charge in [-0.3, -0.25) is 4.79 Å². The number of benzene rings is 1. The first-order valence-electron chi connectivity index (χ1n) is 6.00. The normalized spacial score (nSPS) is 13.0. The van der Waals surface area contributed by atoms with Crippen LogP contribution in [0.3, 0.4) is 0 Å². The minimum atomic E-state index is -4.46. The molecule has 0 radical (unpaired) electrons. The van der Waals surface area contributed by atoms with Crippen molar-refractivity contribution < 1.29 is 22.7 Å². The number of hydrogen-bond acceptors (Lipinski definition) is 3. The van der Waals surface area contributed by atoms with E-state index in [2.05, 4.69) is 0 Å². The van der Waals surface area contributed by atoms with E-state index in [0.717, 1.165) is 17.4 Å². The van der Waals surface area contributed by atoms with Crippen molar-refractivity contribution in [2.75, 3.05) is 0 Å². The van der Waals surface area contributed by atoms with Crippen LogP contribution in [0.5, 0.6) is 5.75 Å². The first kappa shape index (κ1) is 15.4. The Kier molecular flexibility index (Phi) is 4.22. The van der Waals surface area contributed by atoms with Crippen molar-refractivity contribution in [2.45, 2.75) is 19.2 Å². The Bertz CT molecular complexity index is 652. The van der Waals surface area contributed by atoms with Crippen LogP contribution in [0.4, 0.5) is 13.2 Å². The molecule has 2 N–H and O–H groups in total. The minimum absolute atomic E-state index is 0.00613. The Morgan fingerprint density at radius 2 is 1.95 bits per heavy atom. The van der Waals surface area contributed by atoms with Crippen LogP contribution in [-0.4, -0.2) is 5.91 Å². The summed E-state index contributed by atoms with van der Waals surface area (Å²) in [4.78, 5) is 11.4. The fourth-order valence-electron chi connectivity index (χ4n) is 1.93. The van der Waals surface area contributed by atoms with E-state index in [4.69, 9.17) is 10.5 Å². The molecule has 21 heavy (non-hydrogen) atoms. The van der Waals surface area contributed by atoms with E-state index >= 15 is 0 Å². The van der Waals surface area contributed by atoms with Gasteiger partial charge in [-0.1, -0.05) is 18.2 Å². The molecular weight excluding hydrogens is 303 g/mol. The fraction of sp³-hybridized carbons (Fsp3) is 0.214. The molecule has 1 amide bonds. The monoisotopic (exact) mass is 315 g/mol. The molecule has 0 saturated carbocycles. The second-order valence-electron chi connectivity index (χ2n) is 4.32. The quantitative estimate of drug-likeness (QED) is 0.927. The van der Waals surface area contributed by atoms with Gasteiger partial charge in [-0.15, -0.1) is 11.3 Å². The van der Waals surface area contributed by atoms with Gasteiger partial charge in [0.2, 0.25) is 0 Å². The highest BCUT2D eigenvalue weighted by atomic mass is 32.1.